The van der Waals surface area contributed by atoms with Crippen molar-refractivity contribution in [3.63, 3.8) is 0 Å². The van der Waals surface area contributed by atoms with Crippen LogP contribution in [0, 0.1) is 13.8 Å². The molecule has 0 unspecified atom stereocenters. The van der Waals surface area contributed by atoms with Gasteiger partial charge in [-0.25, -0.2) is 15.0 Å². The lowest BCUT2D eigenvalue weighted by molar-refractivity contribution is 0.849. The largest absolute Gasteiger partial charge is 0.246 e. The first-order valence-corrected chi connectivity index (χ1v) is 4.38. The molecule has 1 aliphatic heterocycles. The van der Waals surface area contributed by atoms with Crippen molar-refractivity contribution >= 4 is 12.2 Å². The van der Waals surface area contributed by atoms with Crippen molar-refractivity contribution in [1.82, 2.24) is 9.97 Å². The number of nitrogens with zero attached hydrogens (tertiary/aromatic N) is 4. The van der Waals surface area contributed by atoms with Gasteiger partial charge in [-0.05, 0) is 19.9 Å². The lowest BCUT2D eigenvalue weighted by Crippen LogP contribution is -2.16. The van der Waals surface area contributed by atoms with Crippen molar-refractivity contribution in [3.8, 4) is 0 Å². The Kier molecular flexibility index (Phi) is 1.96. The van der Waals surface area contributed by atoms with Crippen molar-refractivity contribution in [2.24, 2.45) is 5.10 Å². The Morgan fingerprint density at radius 2 is 1.92 bits per heavy atom. The molecule has 0 saturated heterocycles. The molecular formula is C9H12N4. The molecule has 0 amide bonds. The van der Waals surface area contributed by atoms with E-state index < -0.39 is 0 Å². The maximum absolute atomic E-state index is 4.32. The molecule has 13 heavy (non-hydrogen) atoms. The summed E-state index contributed by atoms with van der Waals surface area (Å²) in [4.78, 5) is 8.63. The minimum Gasteiger partial charge on any atom is -0.232 e. The molecule has 2 heterocycles. The standard InChI is InChI=1S/C9H12N4/c1-7-6-8(2)12-9(11-7)13-5-3-4-10-13/h4,6H,3,5H2,1-2H3. The van der Waals surface area contributed by atoms with E-state index in [2.05, 4.69) is 15.1 Å². The highest BCUT2D eigenvalue weighted by Crippen LogP contribution is 2.12. The van der Waals surface area contributed by atoms with Gasteiger partial charge in [0.15, 0.2) is 0 Å². The summed E-state index contributed by atoms with van der Waals surface area (Å²) in [7, 11) is 0. The van der Waals surface area contributed by atoms with Crippen molar-refractivity contribution in [2.45, 2.75) is 20.3 Å². The van der Waals surface area contributed by atoms with E-state index in [1.54, 1.807) is 0 Å². The summed E-state index contributed by atoms with van der Waals surface area (Å²) in [6.45, 7) is 4.83. The summed E-state index contributed by atoms with van der Waals surface area (Å²) >= 11 is 0. The van der Waals surface area contributed by atoms with Gasteiger partial charge in [-0.1, -0.05) is 0 Å². The Morgan fingerprint density at radius 1 is 1.23 bits per heavy atom. The van der Waals surface area contributed by atoms with E-state index in [1.165, 1.54) is 0 Å². The van der Waals surface area contributed by atoms with Gasteiger partial charge in [-0.2, -0.15) is 5.10 Å². The molecule has 1 aliphatic rings. The molecule has 0 aliphatic carbocycles. The molecule has 4 heteroatoms. The third-order valence-corrected chi connectivity index (χ3v) is 1.89. The van der Waals surface area contributed by atoms with Crippen LogP contribution < -0.4 is 5.01 Å². The number of anilines is 1. The normalized spacial score (nSPS) is 15.4. The summed E-state index contributed by atoms with van der Waals surface area (Å²) in [6.07, 6.45) is 2.87. The highest BCUT2D eigenvalue weighted by Gasteiger charge is 2.11. The Hall–Kier alpha value is -1.45. The van der Waals surface area contributed by atoms with E-state index in [9.17, 15) is 0 Å². The zero-order chi connectivity index (χ0) is 9.26. The summed E-state index contributed by atoms with van der Waals surface area (Å²) in [5.74, 6) is 0.714. The van der Waals surface area contributed by atoms with Crippen LogP contribution in [0.4, 0.5) is 5.95 Å². The van der Waals surface area contributed by atoms with E-state index in [-0.39, 0.29) is 0 Å². The Morgan fingerprint density at radius 3 is 2.46 bits per heavy atom. The molecule has 0 saturated carbocycles. The number of hydrogen-bond donors (Lipinski definition) is 0. The predicted octanol–water partition coefficient (Wildman–Crippen LogP) is 1.29. The molecule has 0 radical (unpaired) electrons. The first-order chi connectivity index (χ1) is 6.25. The average molecular weight is 176 g/mol. The van der Waals surface area contributed by atoms with Gasteiger partial charge in [0.1, 0.15) is 0 Å². The topological polar surface area (TPSA) is 41.4 Å². The second kappa shape index (κ2) is 3.12. The summed E-state index contributed by atoms with van der Waals surface area (Å²) < 4.78 is 0. The minimum atomic E-state index is 0.714. The molecule has 1 aromatic heterocycles. The molecule has 0 N–H and O–H groups in total. The maximum Gasteiger partial charge on any atom is 0.246 e. The van der Waals surface area contributed by atoms with E-state index >= 15 is 0 Å². The summed E-state index contributed by atoms with van der Waals surface area (Å²) in [6, 6.07) is 1.96. The zero-order valence-electron chi connectivity index (χ0n) is 7.86. The lowest BCUT2D eigenvalue weighted by atomic mass is 10.3. The SMILES string of the molecule is Cc1cc(C)nc(N2CCC=N2)n1. The first kappa shape index (κ1) is 8.16. The van der Waals surface area contributed by atoms with Crippen LogP contribution >= 0.6 is 0 Å². The van der Waals surface area contributed by atoms with Crippen molar-refractivity contribution in [1.29, 1.82) is 0 Å². The van der Waals surface area contributed by atoms with E-state index in [0.29, 0.717) is 5.95 Å². The van der Waals surface area contributed by atoms with Crippen LogP contribution in [0.3, 0.4) is 0 Å². The Balaban J connectivity index is 2.34. The third-order valence-electron chi connectivity index (χ3n) is 1.89. The fourth-order valence-corrected chi connectivity index (χ4v) is 1.37. The number of hydrogen-bond acceptors (Lipinski definition) is 4. The van der Waals surface area contributed by atoms with Gasteiger partial charge in [0, 0.05) is 30.6 Å². The van der Waals surface area contributed by atoms with Gasteiger partial charge < -0.3 is 0 Å². The average Bonchev–Trinajstić information content (AvgIpc) is 2.53. The molecule has 0 spiro atoms. The number of hydrazone groups is 1. The van der Waals surface area contributed by atoms with Crippen LogP contribution in [0.5, 0.6) is 0 Å². The molecular weight excluding hydrogens is 164 g/mol. The molecule has 0 bridgehead atoms. The van der Waals surface area contributed by atoms with Gasteiger partial charge in [-0.15, -0.1) is 0 Å². The van der Waals surface area contributed by atoms with Crippen molar-refractivity contribution in [2.75, 3.05) is 11.6 Å². The molecule has 0 atom stereocenters. The molecule has 0 aromatic carbocycles. The lowest BCUT2D eigenvalue weighted by Gasteiger charge is -2.11. The van der Waals surface area contributed by atoms with Gasteiger partial charge in [0.05, 0.1) is 0 Å². The van der Waals surface area contributed by atoms with Crippen LogP contribution in [0.25, 0.3) is 0 Å². The van der Waals surface area contributed by atoms with E-state index in [1.807, 2.05) is 31.1 Å². The van der Waals surface area contributed by atoms with Crippen LogP contribution in [-0.2, 0) is 0 Å². The fourth-order valence-electron chi connectivity index (χ4n) is 1.37. The Labute approximate surface area is 77.3 Å². The van der Waals surface area contributed by atoms with Crippen LogP contribution in [0.1, 0.15) is 17.8 Å². The summed E-state index contributed by atoms with van der Waals surface area (Å²) in [5, 5.41) is 6.00. The number of aryl methyl sites for hydroxylation is 2. The predicted molar refractivity (Wildman–Crippen MR) is 52.0 cm³/mol. The minimum absolute atomic E-state index is 0.714. The molecule has 1 aromatic rings. The van der Waals surface area contributed by atoms with Crippen molar-refractivity contribution < 1.29 is 0 Å². The van der Waals surface area contributed by atoms with Gasteiger partial charge in [0.2, 0.25) is 5.95 Å². The monoisotopic (exact) mass is 176 g/mol. The molecule has 0 fully saturated rings. The third kappa shape index (κ3) is 1.66. The number of aromatic nitrogens is 2. The quantitative estimate of drug-likeness (QED) is 0.647. The Bertz CT molecular complexity index is 325. The smallest absolute Gasteiger partial charge is 0.232 e. The second-order valence-electron chi connectivity index (χ2n) is 3.16. The fraction of sp³-hybridized carbons (Fsp3) is 0.444. The second-order valence-corrected chi connectivity index (χ2v) is 3.16. The van der Waals surface area contributed by atoms with E-state index in [4.69, 9.17) is 0 Å². The molecule has 68 valence electrons. The highest BCUT2D eigenvalue weighted by atomic mass is 15.5. The van der Waals surface area contributed by atoms with E-state index in [0.717, 1.165) is 24.4 Å². The first-order valence-electron chi connectivity index (χ1n) is 4.38. The zero-order valence-corrected chi connectivity index (χ0v) is 7.86. The highest BCUT2D eigenvalue weighted by molar-refractivity contribution is 5.63. The number of rotatable bonds is 1. The van der Waals surface area contributed by atoms with Crippen molar-refractivity contribution in [3.05, 3.63) is 17.5 Å². The molecule has 4 nitrogen and oxygen atoms in total. The maximum atomic E-state index is 4.32. The summed E-state index contributed by atoms with van der Waals surface area (Å²) in [5.41, 5.74) is 1.98. The van der Waals surface area contributed by atoms with Gasteiger partial charge in [0.25, 0.3) is 0 Å². The van der Waals surface area contributed by atoms with Gasteiger partial charge >= 0.3 is 0 Å². The van der Waals surface area contributed by atoms with Crippen LogP contribution in [-0.4, -0.2) is 22.7 Å². The molecule has 2 rings (SSSR count). The van der Waals surface area contributed by atoms with Crippen LogP contribution in [0.2, 0.25) is 0 Å². The van der Waals surface area contributed by atoms with Crippen LogP contribution in [0.15, 0.2) is 11.2 Å². The van der Waals surface area contributed by atoms with Gasteiger partial charge in [-0.3, -0.25) is 0 Å².